The van der Waals surface area contributed by atoms with Crippen LogP contribution in [0, 0.1) is 5.41 Å². The molecule has 0 radical (unpaired) electrons. The summed E-state index contributed by atoms with van der Waals surface area (Å²) in [4.78, 5) is 21.4. The molecule has 2 aliphatic heterocycles. The molecule has 0 unspecified atom stereocenters. The van der Waals surface area contributed by atoms with Crippen LogP contribution in [0.2, 0.25) is 0 Å². The van der Waals surface area contributed by atoms with E-state index in [2.05, 4.69) is 16.0 Å². The van der Waals surface area contributed by atoms with E-state index in [1.807, 2.05) is 23.2 Å². The van der Waals surface area contributed by atoms with Gasteiger partial charge in [-0.3, -0.25) is 14.7 Å². The van der Waals surface area contributed by atoms with Gasteiger partial charge in [0.05, 0.1) is 12.0 Å². The molecule has 0 aliphatic carbocycles. The maximum atomic E-state index is 12.5. The highest BCUT2D eigenvalue weighted by Crippen LogP contribution is 2.39. The average Bonchev–Trinajstić information content (AvgIpc) is 3.26. The first-order valence-corrected chi connectivity index (χ1v) is 8.69. The van der Waals surface area contributed by atoms with Crippen LogP contribution in [-0.2, 0) is 6.54 Å². The first kappa shape index (κ1) is 15.4. The van der Waals surface area contributed by atoms with E-state index in [0.29, 0.717) is 5.76 Å². The zero-order valence-electron chi connectivity index (χ0n) is 13.9. The Labute approximate surface area is 142 Å². The highest BCUT2D eigenvalue weighted by atomic mass is 16.3. The van der Waals surface area contributed by atoms with Gasteiger partial charge in [0.15, 0.2) is 5.76 Å². The van der Waals surface area contributed by atoms with Crippen LogP contribution < -0.4 is 0 Å². The lowest BCUT2D eigenvalue weighted by Gasteiger charge is -2.40. The number of aromatic nitrogens is 1. The molecule has 4 rings (SSSR count). The van der Waals surface area contributed by atoms with Gasteiger partial charge in [-0.05, 0) is 50.1 Å². The third kappa shape index (κ3) is 3.08. The molecule has 1 amide bonds. The number of amides is 1. The number of carbonyl (C=O) groups excluding carboxylic acids is 1. The van der Waals surface area contributed by atoms with Gasteiger partial charge in [-0.2, -0.15) is 0 Å². The van der Waals surface area contributed by atoms with Crippen molar-refractivity contribution in [2.75, 3.05) is 26.2 Å². The molecule has 24 heavy (non-hydrogen) atoms. The lowest BCUT2D eigenvalue weighted by atomic mass is 9.79. The summed E-state index contributed by atoms with van der Waals surface area (Å²) in [5.41, 5.74) is 1.35. The minimum atomic E-state index is 0.0266. The van der Waals surface area contributed by atoms with E-state index >= 15 is 0 Å². The molecule has 0 aromatic carbocycles. The molecular formula is C19H23N3O2. The number of piperidine rings is 1. The van der Waals surface area contributed by atoms with Crippen molar-refractivity contribution in [1.82, 2.24) is 14.8 Å². The van der Waals surface area contributed by atoms with Crippen molar-refractivity contribution < 1.29 is 9.21 Å². The van der Waals surface area contributed by atoms with Crippen LogP contribution in [0.5, 0.6) is 0 Å². The van der Waals surface area contributed by atoms with Gasteiger partial charge in [0.2, 0.25) is 0 Å². The smallest absolute Gasteiger partial charge is 0.289 e. The molecule has 1 atom stereocenters. The Hall–Kier alpha value is -2.14. The molecule has 5 nitrogen and oxygen atoms in total. The van der Waals surface area contributed by atoms with E-state index in [1.54, 1.807) is 18.4 Å². The zero-order chi connectivity index (χ0) is 16.4. The number of hydrogen-bond acceptors (Lipinski definition) is 4. The Morgan fingerprint density at radius 3 is 2.92 bits per heavy atom. The summed E-state index contributed by atoms with van der Waals surface area (Å²) in [5, 5.41) is 0. The SMILES string of the molecule is O=C(c1ccco1)N1CC[C@]2(CCCN(Cc3ccccn3)C2)C1. The average molecular weight is 325 g/mol. The fraction of sp³-hybridized carbons (Fsp3) is 0.474. The topological polar surface area (TPSA) is 49.6 Å². The summed E-state index contributed by atoms with van der Waals surface area (Å²) in [6.07, 6.45) is 6.89. The number of carbonyl (C=O) groups is 1. The summed E-state index contributed by atoms with van der Waals surface area (Å²) in [6, 6.07) is 9.61. The van der Waals surface area contributed by atoms with Gasteiger partial charge in [0.25, 0.3) is 5.91 Å². The zero-order valence-corrected chi connectivity index (χ0v) is 13.9. The van der Waals surface area contributed by atoms with E-state index in [0.717, 1.165) is 44.8 Å². The van der Waals surface area contributed by atoms with Crippen molar-refractivity contribution in [2.45, 2.75) is 25.8 Å². The molecule has 2 fully saturated rings. The van der Waals surface area contributed by atoms with E-state index < -0.39 is 0 Å². The summed E-state index contributed by atoms with van der Waals surface area (Å²) in [6.45, 7) is 4.73. The summed E-state index contributed by atoms with van der Waals surface area (Å²) in [5.74, 6) is 0.479. The van der Waals surface area contributed by atoms with Gasteiger partial charge < -0.3 is 9.32 Å². The van der Waals surface area contributed by atoms with Crippen molar-refractivity contribution in [3.8, 4) is 0 Å². The molecule has 0 saturated carbocycles. The van der Waals surface area contributed by atoms with Crippen molar-refractivity contribution >= 4 is 5.91 Å². The molecule has 2 saturated heterocycles. The van der Waals surface area contributed by atoms with Crippen molar-refractivity contribution in [2.24, 2.45) is 5.41 Å². The lowest BCUT2D eigenvalue weighted by Crippen LogP contribution is -2.45. The second kappa shape index (κ2) is 6.40. The molecule has 1 spiro atoms. The molecule has 2 aromatic rings. The molecule has 0 bridgehead atoms. The Balaban J connectivity index is 1.41. The molecule has 0 N–H and O–H groups in total. The van der Waals surface area contributed by atoms with Gasteiger partial charge >= 0.3 is 0 Å². The standard InChI is InChI=1S/C19H23N3O2/c23-18(17-6-3-12-24-17)22-11-8-19(15-22)7-4-10-21(14-19)13-16-5-1-2-9-20-16/h1-3,5-6,9,12H,4,7-8,10-11,13-15H2/t19-/m0/s1. The summed E-state index contributed by atoms with van der Waals surface area (Å²) >= 11 is 0. The van der Waals surface area contributed by atoms with Crippen molar-refractivity contribution in [3.05, 3.63) is 54.2 Å². The van der Waals surface area contributed by atoms with Gasteiger partial charge in [-0.25, -0.2) is 0 Å². The Morgan fingerprint density at radius 2 is 2.12 bits per heavy atom. The molecule has 126 valence electrons. The predicted octanol–water partition coefficient (Wildman–Crippen LogP) is 2.80. The molecule has 4 heterocycles. The van der Waals surface area contributed by atoms with E-state index in [1.165, 1.54) is 12.8 Å². The van der Waals surface area contributed by atoms with Crippen LogP contribution in [0.4, 0.5) is 0 Å². The van der Waals surface area contributed by atoms with Crippen LogP contribution in [0.3, 0.4) is 0 Å². The van der Waals surface area contributed by atoms with Crippen LogP contribution >= 0.6 is 0 Å². The number of nitrogens with zero attached hydrogens (tertiary/aromatic N) is 3. The van der Waals surface area contributed by atoms with Gasteiger partial charge in [-0.1, -0.05) is 6.07 Å². The molecule has 2 aliphatic rings. The molecule has 5 heteroatoms. The van der Waals surface area contributed by atoms with Gasteiger partial charge in [0, 0.05) is 37.8 Å². The minimum absolute atomic E-state index is 0.0266. The number of rotatable bonds is 3. The quantitative estimate of drug-likeness (QED) is 0.871. The number of likely N-dealkylation sites (tertiary alicyclic amines) is 2. The van der Waals surface area contributed by atoms with Crippen molar-refractivity contribution in [3.63, 3.8) is 0 Å². The maximum Gasteiger partial charge on any atom is 0.289 e. The Kier molecular flexibility index (Phi) is 4.10. The van der Waals surface area contributed by atoms with Crippen LogP contribution in [0.1, 0.15) is 35.5 Å². The first-order chi connectivity index (χ1) is 11.7. The Bertz CT molecular complexity index is 686. The maximum absolute atomic E-state index is 12.5. The normalized spacial score (nSPS) is 24.6. The molecular weight excluding hydrogens is 302 g/mol. The third-order valence-corrected chi connectivity index (χ3v) is 5.31. The first-order valence-electron chi connectivity index (χ1n) is 8.69. The number of hydrogen-bond donors (Lipinski definition) is 0. The van der Waals surface area contributed by atoms with Crippen LogP contribution in [-0.4, -0.2) is 46.9 Å². The largest absolute Gasteiger partial charge is 0.459 e. The fourth-order valence-electron chi connectivity index (χ4n) is 4.16. The summed E-state index contributed by atoms with van der Waals surface area (Å²) in [7, 11) is 0. The van der Waals surface area contributed by atoms with Crippen LogP contribution in [0.25, 0.3) is 0 Å². The second-order valence-corrected chi connectivity index (χ2v) is 7.09. The van der Waals surface area contributed by atoms with E-state index in [9.17, 15) is 4.79 Å². The molecule has 2 aromatic heterocycles. The fourth-order valence-corrected chi connectivity index (χ4v) is 4.16. The van der Waals surface area contributed by atoms with Gasteiger partial charge in [-0.15, -0.1) is 0 Å². The van der Waals surface area contributed by atoms with E-state index in [4.69, 9.17) is 4.42 Å². The minimum Gasteiger partial charge on any atom is -0.459 e. The van der Waals surface area contributed by atoms with Gasteiger partial charge in [0.1, 0.15) is 0 Å². The van der Waals surface area contributed by atoms with E-state index in [-0.39, 0.29) is 11.3 Å². The number of pyridine rings is 1. The Morgan fingerprint density at radius 1 is 1.17 bits per heavy atom. The monoisotopic (exact) mass is 325 g/mol. The predicted molar refractivity (Wildman–Crippen MR) is 90.4 cm³/mol. The summed E-state index contributed by atoms with van der Waals surface area (Å²) < 4.78 is 5.27. The van der Waals surface area contributed by atoms with Crippen LogP contribution in [0.15, 0.2) is 47.2 Å². The lowest BCUT2D eigenvalue weighted by molar-refractivity contribution is 0.0649. The highest BCUT2D eigenvalue weighted by Gasteiger charge is 2.43. The third-order valence-electron chi connectivity index (χ3n) is 5.31. The van der Waals surface area contributed by atoms with Crippen molar-refractivity contribution in [1.29, 1.82) is 0 Å². The second-order valence-electron chi connectivity index (χ2n) is 7.09. The number of furan rings is 1. The highest BCUT2D eigenvalue weighted by molar-refractivity contribution is 5.91.